The molecule has 4 nitrogen and oxygen atoms in total. The van der Waals surface area contributed by atoms with Gasteiger partial charge >= 0.3 is 5.97 Å². The van der Waals surface area contributed by atoms with Gasteiger partial charge in [-0.15, -0.1) is 11.3 Å². The molecule has 0 aliphatic rings. The number of hydrogen-bond donors (Lipinski definition) is 0. The number of ether oxygens (including phenoxy) is 1. The van der Waals surface area contributed by atoms with E-state index in [-0.39, 0.29) is 11.7 Å². The molecule has 3 rings (SSSR count). The quantitative estimate of drug-likeness (QED) is 0.418. The molecule has 0 amide bonds. The van der Waals surface area contributed by atoms with E-state index in [0.29, 0.717) is 0 Å². The van der Waals surface area contributed by atoms with Crippen LogP contribution in [-0.4, -0.2) is 28.8 Å². The Morgan fingerprint density at radius 1 is 1.29 bits per heavy atom. The zero-order valence-corrected chi connectivity index (χ0v) is 12.9. The molecule has 0 aliphatic carbocycles. The van der Waals surface area contributed by atoms with Gasteiger partial charge in [0, 0.05) is 10.9 Å². The van der Waals surface area contributed by atoms with E-state index < -0.39 is 0 Å². The number of methoxy groups -OCH3 is 1. The molecule has 0 N–H and O–H groups in total. The van der Waals surface area contributed by atoms with Crippen LogP contribution < -0.4 is 0 Å². The summed E-state index contributed by atoms with van der Waals surface area (Å²) in [4.78, 5) is 20.9. The summed E-state index contributed by atoms with van der Waals surface area (Å²) in [6.45, 7) is 0. The topological polar surface area (TPSA) is 52.1 Å². The highest BCUT2D eigenvalue weighted by Gasteiger charge is 2.14. The number of rotatable bonds is 4. The molecule has 0 bridgehead atoms. The van der Waals surface area contributed by atoms with Gasteiger partial charge in [0.1, 0.15) is 16.2 Å². The molecule has 0 unspecified atom stereocenters. The average molecular weight is 316 g/mol. The highest BCUT2D eigenvalue weighted by atomic mass is 32.2. The molecule has 0 atom stereocenters. The first-order valence-electron chi connectivity index (χ1n) is 6.27. The van der Waals surface area contributed by atoms with E-state index >= 15 is 0 Å². The first-order valence-corrected chi connectivity index (χ1v) is 8.13. The van der Waals surface area contributed by atoms with Gasteiger partial charge in [-0.1, -0.05) is 42.1 Å². The lowest BCUT2D eigenvalue weighted by Gasteiger charge is -2.04. The lowest BCUT2D eigenvalue weighted by molar-refractivity contribution is -0.137. The largest absolute Gasteiger partial charge is 0.468 e. The van der Waals surface area contributed by atoms with Gasteiger partial charge in [-0.25, -0.2) is 9.97 Å². The number of carbonyl (C=O) groups excluding carboxylic acids is 1. The number of hydrogen-bond acceptors (Lipinski definition) is 6. The molecule has 0 saturated carbocycles. The molecule has 6 heteroatoms. The highest BCUT2D eigenvalue weighted by Crippen LogP contribution is 2.37. The second-order valence-electron chi connectivity index (χ2n) is 4.24. The van der Waals surface area contributed by atoms with Crippen molar-refractivity contribution in [3.05, 3.63) is 42.0 Å². The van der Waals surface area contributed by atoms with Gasteiger partial charge in [-0.2, -0.15) is 0 Å². The van der Waals surface area contributed by atoms with Gasteiger partial charge in [0.25, 0.3) is 0 Å². The zero-order valence-electron chi connectivity index (χ0n) is 11.3. The number of fused-ring (bicyclic) bond motifs is 1. The Balaban J connectivity index is 2.05. The molecule has 2 aromatic heterocycles. The minimum absolute atomic E-state index is 0.243. The maximum absolute atomic E-state index is 11.3. The third-order valence-electron chi connectivity index (χ3n) is 2.97. The number of carbonyl (C=O) groups is 1. The first kappa shape index (κ1) is 14.0. The zero-order chi connectivity index (χ0) is 14.7. The van der Waals surface area contributed by atoms with Crippen molar-refractivity contribution < 1.29 is 9.53 Å². The Morgan fingerprint density at radius 3 is 2.86 bits per heavy atom. The molecule has 2 heterocycles. The molecular weight excluding hydrogens is 304 g/mol. The van der Waals surface area contributed by atoms with Crippen molar-refractivity contribution in [1.29, 1.82) is 0 Å². The van der Waals surface area contributed by atoms with E-state index in [2.05, 4.69) is 32.2 Å². The number of aromatic nitrogens is 2. The molecule has 1 aromatic carbocycles. The van der Waals surface area contributed by atoms with Gasteiger partial charge in [0.2, 0.25) is 0 Å². The van der Waals surface area contributed by atoms with Crippen LogP contribution in [0.3, 0.4) is 0 Å². The third kappa shape index (κ3) is 2.91. The lowest BCUT2D eigenvalue weighted by Crippen LogP contribution is -2.03. The molecule has 106 valence electrons. The van der Waals surface area contributed by atoms with Crippen LogP contribution in [0.4, 0.5) is 0 Å². The summed E-state index contributed by atoms with van der Waals surface area (Å²) in [5.41, 5.74) is 2.22. The van der Waals surface area contributed by atoms with Crippen LogP contribution in [0.5, 0.6) is 0 Å². The van der Waals surface area contributed by atoms with E-state index in [4.69, 9.17) is 0 Å². The smallest absolute Gasteiger partial charge is 0.316 e. The summed E-state index contributed by atoms with van der Waals surface area (Å²) in [5, 5.41) is 3.89. The van der Waals surface area contributed by atoms with E-state index in [9.17, 15) is 4.79 Å². The summed E-state index contributed by atoms with van der Waals surface area (Å²) in [6.07, 6.45) is 1.53. The second kappa shape index (κ2) is 6.24. The number of benzene rings is 1. The molecule has 21 heavy (non-hydrogen) atoms. The Bertz CT molecular complexity index is 772. The van der Waals surface area contributed by atoms with Crippen LogP contribution in [0, 0.1) is 0 Å². The average Bonchev–Trinajstić information content (AvgIpc) is 2.98. The molecule has 3 aromatic rings. The van der Waals surface area contributed by atoms with Gasteiger partial charge in [-0.3, -0.25) is 4.79 Å². The van der Waals surface area contributed by atoms with Crippen molar-refractivity contribution in [1.82, 2.24) is 9.97 Å². The minimum Gasteiger partial charge on any atom is -0.468 e. The van der Waals surface area contributed by atoms with Crippen molar-refractivity contribution in [3.63, 3.8) is 0 Å². The Labute approximate surface area is 130 Å². The van der Waals surface area contributed by atoms with Gasteiger partial charge in [0.15, 0.2) is 0 Å². The predicted octanol–water partition coefficient (Wildman–Crippen LogP) is 3.62. The summed E-state index contributed by atoms with van der Waals surface area (Å²) in [6, 6.07) is 10.1. The highest BCUT2D eigenvalue weighted by molar-refractivity contribution is 8.00. The fourth-order valence-corrected chi connectivity index (χ4v) is 3.80. The Hall–Kier alpha value is -1.92. The SMILES string of the molecule is COC(=O)CSc1ncnc2scc(-c3ccccc3)c12. The van der Waals surface area contributed by atoms with Gasteiger partial charge in [0.05, 0.1) is 18.2 Å². The van der Waals surface area contributed by atoms with Crippen LogP contribution in [0.25, 0.3) is 21.3 Å². The van der Waals surface area contributed by atoms with Crippen molar-refractivity contribution in [2.24, 2.45) is 0 Å². The Kier molecular flexibility index (Phi) is 4.17. The number of esters is 1. The second-order valence-corrected chi connectivity index (χ2v) is 6.06. The fourth-order valence-electron chi connectivity index (χ4n) is 1.97. The number of nitrogens with zero attached hydrogens (tertiary/aromatic N) is 2. The van der Waals surface area contributed by atoms with Crippen LogP contribution in [0.1, 0.15) is 0 Å². The summed E-state index contributed by atoms with van der Waals surface area (Å²) >= 11 is 2.96. The maximum atomic E-state index is 11.3. The van der Waals surface area contributed by atoms with Crippen molar-refractivity contribution in [3.8, 4) is 11.1 Å². The standard InChI is InChI=1S/C15H12N2O2S2/c1-19-12(18)8-21-15-13-11(10-5-3-2-4-6-10)7-20-14(13)16-9-17-15/h2-7,9H,8H2,1H3. The van der Waals surface area contributed by atoms with Crippen molar-refractivity contribution in [2.45, 2.75) is 5.03 Å². The maximum Gasteiger partial charge on any atom is 0.316 e. The molecule has 0 fully saturated rings. The molecule has 0 radical (unpaired) electrons. The molecular formula is C15H12N2O2S2. The van der Waals surface area contributed by atoms with E-state index in [1.807, 2.05) is 18.2 Å². The Morgan fingerprint density at radius 2 is 2.10 bits per heavy atom. The normalized spacial score (nSPS) is 10.7. The summed E-state index contributed by atoms with van der Waals surface area (Å²) in [7, 11) is 1.39. The van der Waals surface area contributed by atoms with Crippen molar-refractivity contribution >= 4 is 39.3 Å². The first-order chi connectivity index (χ1) is 10.3. The van der Waals surface area contributed by atoms with Crippen molar-refractivity contribution in [2.75, 3.05) is 12.9 Å². The van der Waals surface area contributed by atoms with Crippen LogP contribution in [0.2, 0.25) is 0 Å². The van der Waals surface area contributed by atoms with Crippen LogP contribution >= 0.6 is 23.1 Å². The molecule has 0 aliphatic heterocycles. The van der Waals surface area contributed by atoms with Gasteiger partial charge in [-0.05, 0) is 5.56 Å². The molecule has 0 spiro atoms. The van der Waals surface area contributed by atoms with E-state index in [1.54, 1.807) is 11.3 Å². The predicted molar refractivity (Wildman–Crippen MR) is 85.6 cm³/mol. The number of thioether (sulfide) groups is 1. The monoisotopic (exact) mass is 316 g/mol. The van der Waals surface area contributed by atoms with E-state index in [1.165, 1.54) is 25.2 Å². The molecule has 0 saturated heterocycles. The minimum atomic E-state index is -0.261. The third-order valence-corrected chi connectivity index (χ3v) is 4.82. The van der Waals surface area contributed by atoms with Gasteiger partial charge < -0.3 is 4.74 Å². The summed E-state index contributed by atoms with van der Waals surface area (Å²) in [5.74, 6) is -0.0181. The summed E-state index contributed by atoms with van der Waals surface area (Å²) < 4.78 is 4.68. The number of thiophene rings is 1. The lowest BCUT2D eigenvalue weighted by atomic mass is 10.1. The van der Waals surface area contributed by atoms with Crippen LogP contribution in [-0.2, 0) is 9.53 Å². The fraction of sp³-hybridized carbons (Fsp3) is 0.133. The van der Waals surface area contributed by atoms with Crippen LogP contribution in [0.15, 0.2) is 47.1 Å². The van der Waals surface area contributed by atoms with E-state index in [0.717, 1.165) is 26.4 Å².